The van der Waals surface area contributed by atoms with Crippen LogP contribution in [0.4, 0.5) is 11.4 Å². The molecule has 0 aliphatic rings. The fraction of sp³-hybridized carbons (Fsp3) is 0.0455. The summed E-state index contributed by atoms with van der Waals surface area (Å²) in [5, 5.41) is 21.7. The summed E-state index contributed by atoms with van der Waals surface area (Å²) in [4.78, 5) is 0. The maximum atomic E-state index is 9.41. The first-order chi connectivity index (χ1) is 13.3. The van der Waals surface area contributed by atoms with Gasteiger partial charge in [-0.15, -0.1) is 10.2 Å². The Balaban J connectivity index is 1.60. The van der Waals surface area contributed by atoms with Gasteiger partial charge in [-0.05, 0) is 35.9 Å². The van der Waals surface area contributed by atoms with Gasteiger partial charge in [-0.3, -0.25) is 0 Å². The second-order valence-corrected chi connectivity index (χ2v) is 5.98. The van der Waals surface area contributed by atoms with Crippen LogP contribution >= 0.6 is 0 Å². The molecule has 0 amide bonds. The molecule has 5 heteroatoms. The minimum atomic E-state index is 0.264. The van der Waals surface area contributed by atoms with E-state index in [1.54, 1.807) is 0 Å². The summed E-state index contributed by atoms with van der Waals surface area (Å²) in [6, 6.07) is 27.3. The molecule has 0 bridgehead atoms. The van der Waals surface area contributed by atoms with E-state index in [4.69, 9.17) is 4.74 Å². The number of hydrogen-bond acceptors (Lipinski definition) is 5. The number of hydrogen-bond donors (Lipinski definition) is 1. The van der Waals surface area contributed by atoms with Gasteiger partial charge in [0.25, 0.3) is 0 Å². The summed E-state index contributed by atoms with van der Waals surface area (Å²) in [7, 11) is 0. The minimum Gasteiger partial charge on any atom is -0.489 e. The van der Waals surface area contributed by atoms with Gasteiger partial charge in [-0.1, -0.05) is 48.5 Å². The van der Waals surface area contributed by atoms with Gasteiger partial charge >= 0.3 is 0 Å². The Morgan fingerprint density at radius 1 is 0.889 bits per heavy atom. The lowest BCUT2D eigenvalue weighted by atomic mass is 10.1. The number of rotatable bonds is 5. The maximum absolute atomic E-state index is 9.41. The molecule has 0 atom stereocenters. The molecule has 0 unspecified atom stereocenters. The van der Waals surface area contributed by atoms with Crippen LogP contribution in [0.5, 0.6) is 5.75 Å². The van der Waals surface area contributed by atoms with Gasteiger partial charge < -0.3 is 10.1 Å². The molecule has 0 aliphatic carbocycles. The van der Waals surface area contributed by atoms with Crippen molar-refractivity contribution in [1.29, 1.82) is 5.26 Å². The molecule has 0 fully saturated rings. The van der Waals surface area contributed by atoms with Crippen molar-refractivity contribution in [2.24, 2.45) is 0 Å². The minimum absolute atomic E-state index is 0.264. The van der Waals surface area contributed by atoms with Gasteiger partial charge in [0.2, 0.25) is 0 Å². The second kappa shape index (κ2) is 7.54. The number of aromatic nitrogens is 2. The summed E-state index contributed by atoms with van der Waals surface area (Å²) in [5.74, 6) is 0.826. The first-order valence-corrected chi connectivity index (χ1v) is 8.53. The van der Waals surface area contributed by atoms with Crippen LogP contribution in [0.2, 0.25) is 0 Å². The van der Waals surface area contributed by atoms with Crippen molar-refractivity contribution in [3.63, 3.8) is 0 Å². The number of ether oxygens (including phenoxy) is 1. The number of nitriles is 1. The van der Waals surface area contributed by atoms with E-state index in [1.807, 2.05) is 78.9 Å². The number of para-hydroxylation sites is 1. The van der Waals surface area contributed by atoms with Crippen molar-refractivity contribution in [2.75, 3.05) is 5.32 Å². The lowest BCUT2D eigenvalue weighted by molar-refractivity contribution is 0.306. The van der Waals surface area contributed by atoms with E-state index in [9.17, 15) is 5.26 Å². The Kier molecular flexibility index (Phi) is 4.62. The van der Waals surface area contributed by atoms with Crippen LogP contribution in [0, 0.1) is 11.3 Å². The third kappa shape index (κ3) is 3.70. The molecule has 0 saturated heterocycles. The highest BCUT2D eigenvalue weighted by Crippen LogP contribution is 2.27. The van der Waals surface area contributed by atoms with Gasteiger partial charge in [0.1, 0.15) is 18.4 Å². The van der Waals surface area contributed by atoms with Crippen molar-refractivity contribution in [2.45, 2.75) is 6.61 Å². The van der Waals surface area contributed by atoms with Gasteiger partial charge in [-0.2, -0.15) is 5.26 Å². The summed E-state index contributed by atoms with van der Waals surface area (Å²) in [6.07, 6.45) is 0. The molecule has 27 heavy (non-hydrogen) atoms. The van der Waals surface area contributed by atoms with Crippen molar-refractivity contribution in [3.8, 4) is 11.8 Å². The number of nitrogens with zero attached hydrogens (tertiary/aromatic N) is 3. The van der Waals surface area contributed by atoms with Crippen molar-refractivity contribution < 1.29 is 4.74 Å². The zero-order valence-corrected chi connectivity index (χ0v) is 14.5. The largest absolute Gasteiger partial charge is 0.489 e. The highest BCUT2D eigenvalue weighted by molar-refractivity contribution is 5.94. The average Bonchev–Trinajstić information content (AvgIpc) is 2.73. The SMILES string of the molecule is N#Cc1nnc2ccccc2c1Nc1cccc(COc2ccccc2)c1. The third-order valence-electron chi connectivity index (χ3n) is 4.12. The molecule has 0 spiro atoms. The molecule has 4 rings (SSSR count). The molecule has 0 aliphatic heterocycles. The Hall–Kier alpha value is -3.91. The number of benzene rings is 3. The van der Waals surface area contributed by atoms with E-state index in [2.05, 4.69) is 21.6 Å². The van der Waals surface area contributed by atoms with Crippen LogP contribution in [-0.4, -0.2) is 10.2 Å². The normalized spacial score (nSPS) is 10.3. The molecular weight excluding hydrogens is 336 g/mol. The summed E-state index contributed by atoms with van der Waals surface area (Å²) in [6.45, 7) is 0.458. The highest BCUT2D eigenvalue weighted by Gasteiger charge is 2.10. The molecular formula is C22H16N4O. The molecule has 3 aromatic carbocycles. The Morgan fingerprint density at radius 3 is 2.56 bits per heavy atom. The first-order valence-electron chi connectivity index (χ1n) is 8.53. The molecule has 130 valence electrons. The van der Waals surface area contributed by atoms with Gasteiger partial charge in [0.15, 0.2) is 5.69 Å². The molecule has 1 heterocycles. The van der Waals surface area contributed by atoms with E-state index in [0.717, 1.165) is 27.9 Å². The molecule has 0 radical (unpaired) electrons. The van der Waals surface area contributed by atoms with E-state index in [1.165, 1.54) is 0 Å². The lowest BCUT2D eigenvalue weighted by Gasteiger charge is -2.12. The van der Waals surface area contributed by atoms with Gasteiger partial charge in [0, 0.05) is 11.1 Å². The Labute approximate surface area is 156 Å². The zero-order valence-electron chi connectivity index (χ0n) is 14.5. The maximum Gasteiger partial charge on any atom is 0.187 e. The van der Waals surface area contributed by atoms with Crippen LogP contribution in [0.25, 0.3) is 10.9 Å². The van der Waals surface area contributed by atoms with Crippen LogP contribution < -0.4 is 10.1 Å². The van der Waals surface area contributed by atoms with Crippen molar-refractivity contribution >= 4 is 22.3 Å². The molecule has 5 nitrogen and oxygen atoms in total. The molecule has 0 saturated carbocycles. The van der Waals surface area contributed by atoms with E-state index in [-0.39, 0.29) is 5.69 Å². The smallest absolute Gasteiger partial charge is 0.187 e. The zero-order chi connectivity index (χ0) is 18.5. The summed E-state index contributed by atoms with van der Waals surface area (Å²) >= 11 is 0. The number of anilines is 2. The Morgan fingerprint density at radius 2 is 1.70 bits per heavy atom. The summed E-state index contributed by atoms with van der Waals surface area (Å²) in [5.41, 5.74) is 3.54. The summed E-state index contributed by atoms with van der Waals surface area (Å²) < 4.78 is 5.81. The second-order valence-electron chi connectivity index (χ2n) is 5.98. The average molecular weight is 352 g/mol. The van der Waals surface area contributed by atoms with E-state index < -0.39 is 0 Å². The number of nitrogens with one attached hydrogen (secondary N) is 1. The van der Waals surface area contributed by atoms with E-state index >= 15 is 0 Å². The van der Waals surface area contributed by atoms with E-state index in [0.29, 0.717) is 12.3 Å². The van der Waals surface area contributed by atoms with Crippen LogP contribution in [0.1, 0.15) is 11.3 Å². The van der Waals surface area contributed by atoms with Crippen molar-refractivity contribution in [3.05, 3.63) is 90.1 Å². The number of fused-ring (bicyclic) bond motifs is 1. The fourth-order valence-electron chi connectivity index (χ4n) is 2.83. The van der Waals surface area contributed by atoms with Gasteiger partial charge in [-0.25, -0.2) is 0 Å². The predicted octanol–water partition coefficient (Wildman–Crippen LogP) is 4.82. The quantitative estimate of drug-likeness (QED) is 0.557. The fourth-order valence-corrected chi connectivity index (χ4v) is 2.83. The monoisotopic (exact) mass is 352 g/mol. The van der Waals surface area contributed by atoms with Crippen LogP contribution in [0.3, 0.4) is 0 Å². The molecule has 1 aromatic heterocycles. The van der Waals surface area contributed by atoms with Gasteiger partial charge in [0.05, 0.1) is 11.2 Å². The first kappa shape index (κ1) is 16.6. The van der Waals surface area contributed by atoms with Crippen LogP contribution in [-0.2, 0) is 6.61 Å². The predicted molar refractivity (Wildman–Crippen MR) is 105 cm³/mol. The topological polar surface area (TPSA) is 70.8 Å². The molecule has 4 aromatic rings. The van der Waals surface area contributed by atoms with Crippen molar-refractivity contribution in [1.82, 2.24) is 10.2 Å². The molecule has 1 N–H and O–H groups in total. The third-order valence-corrected chi connectivity index (χ3v) is 4.12. The Bertz CT molecular complexity index is 1120. The highest BCUT2D eigenvalue weighted by atomic mass is 16.5. The standard InChI is InChI=1S/C22H16N4O/c23-14-21-22(19-11-4-5-12-20(19)25-26-21)24-17-8-6-7-16(13-17)15-27-18-9-2-1-3-10-18/h1-13H,15H2,(H,24,25). The van der Waals surface area contributed by atoms with Crippen LogP contribution in [0.15, 0.2) is 78.9 Å². The lowest BCUT2D eigenvalue weighted by Crippen LogP contribution is -2.01.